The first-order valence-electron chi connectivity index (χ1n) is 10.1. The molecule has 0 aliphatic carbocycles. The van der Waals surface area contributed by atoms with Gasteiger partial charge in [0.1, 0.15) is 17.4 Å². The number of likely N-dealkylation sites (N-methyl/N-ethyl adjacent to an activating group) is 1. The van der Waals surface area contributed by atoms with Crippen LogP contribution in [0.25, 0.3) is 11.6 Å². The number of rotatable bonds is 5. The number of amides is 1. The lowest BCUT2D eigenvalue weighted by Gasteiger charge is -2.43. The standard InChI is InChI=1S/C25H26ClN3O2/c1-6-29-22-13-23(31-5)17(12-19(22)16(2)14-25(29,3)4)11-18(15-27)24(30)28-21-10-8-7-9-20(21)26/h7-14H,6H2,1-5H3,(H,28,30)/b18-11+. The van der Waals surface area contributed by atoms with E-state index in [-0.39, 0.29) is 11.1 Å². The number of halogens is 1. The molecule has 0 radical (unpaired) electrons. The van der Waals surface area contributed by atoms with Gasteiger partial charge in [0.15, 0.2) is 0 Å². The van der Waals surface area contributed by atoms with Crippen LogP contribution in [-0.2, 0) is 4.79 Å². The fourth-order valence-electron chi connectivity index (χ4n) is 4.04. The number of allylic oxidation sites excluding steroid dienone is 1. The summed E-state index contributed by atoms with van der Waals surface area (Å²) < 4.78 is 5.62. The molecule has 0 spiro atoms. The van der Waals surface area contributed by atoms with Crippen molar-refractivity contribution in [3.63, 3.8) is 0 Å². The number of para-hydroxylation sites is 1. The Morgan fingerprint density at radius 1 is 1.32 bits per heavy atom. The number of fused-ring (bicyclic) bond motifs is 1. The summed E-state index contributed by atoms with van der Waals surface area (Å²) >= 11 is 6.12. The van der Waals surface area contributed by atoms with E-state index in [4.69, 9.17) is 16.3 Å². The van der Waals surface area contributed by atoms with Gasteiger partial charge in [-0.25, -0.2) is 0 Å². The van der Waals surface area contributed by atoms with Crippen molar-refractivity contribution >= 4 is 40.5 Å². The van der Waals surface area contributed by atoms with E-state index in [1.54, 1.807) is 37.5 Å². The van der Waals surface area contributed by atoms with Crippen molar-refractivity contribution < 1.29 is 9.53 Å². The van der Waals surface area contributed by atoms with E-state index in [1.165, 1.54) is 0 Å². The number of methoxy groups -OCH3 is 1. The van der Waals surface area contributed by atoms with Crippen molar-refractivity contribution in [2.24, 2.45) is 0 Å². The fourth-order valence-corrected chi connectivity index (χ4v) is 4.23. The van der Waals surface area contributed by atoms with Gasteiger partial charge in [0, 0.05) is 29.4 Å². The van der Waals surface area contributed by atoms with Crippen LogP contribution in [0.1, 0.15) is 38.8 Å². The van der Waals surface area contributed by atoms with Crippen LogP contribution >= 0.6 is 11.6 Å². The summed E-state index contributed by atoms with van der Waals surface area (Å²) in [5.41, 5.74) is 4.21. The molecular weight excluding hydrogens is 410 g/mol. The van der Waals surface area contributed by atoms with Crippen LogP contribution in [0.15, 0.2) is 48.0 Å². The third-order valence-electron chi connectivity index (χ3n) is 5.43. The molecule has 5 nitrogen and oxygen atoms in total. The number of nitriles is 1. The highest BCUT2D eigenvalue weighted by Crippen LogP contribution is 2.42. The van der Waals surface area contributed by atoms with Gasteiger partial charge in [-0.3, -0.25) is 4.79 Å². The average molecular weight is 436 g/mol. The van der Waals surface area contributed by atoms with Crippen molar-refractivity contribution in [1.29, 1.82) is 5.26 Å². The summed E-state index contributed by atoms with van der Waals surface area (Å²) in [5, 5.41) is 12.7. The molecule has 1 aliphatic rings. The molecule has 1 amide bonds. The number of carbonyl (C=O) groups excluding carboxylic acids is 1. The molecule has 1 heterocycles. The molecule has 0 unspecified atom stereocenters. The van der Waals surface area contributed by atoms with Crippen LogP contribution in [0.5, 0.6) is 5.75 Å². The minimum atomic E-state index is -0.529. The van der Waals surface area contributed by atoms with Gasteiger partial charge in [-0.05, 0) is 57.5 Å². The second-order valence-corrected chi connectivity index (χ2v) is 8.35. The van der Waals surface area contributed by atoms with E-state index >= 15 is 0 Å². The minimum absolute atomic E-state index is 0.0386. The lowest BCUT2D eigenvalue weighted by atomic mass is 9.87. The monoisotopic (exact) mass is 435 g/mol. The minimum Gasteiger partial charge on any atom is -0.496 e. The number of carbonyl (C=O) groups is 1. The van der Waals surface area contributed by atoms with Crippen molar-refractivity contribution in [3.05, 3.63) is 64.2 Å². The highest BCUT2D eigenvalue weighted by Gasteiger charge is 2.31. The van der Waals surface area contributed by atoms with Gasteiger partial charge < -0.3 is 15.0 Å². The zero-order valence-corrected chi connectivity index (χ0v) is 19.2. The number of nitrogens with zero attached hydrogens (tertiary/aromatic N) is 2. The lowest BCUT2D eigenvalue weighted by Crippen LogP contribution is -2.44. The second-order valence-electron chi connectivity index (χ2n) is 7.94. The molecule has 1 N–H and O–H groups in total. The molecule has 0 bridgehead atoms. The number of hydrogen-bond donors (Lipinski definition) is 1. The van der Waals surface area contributed by atoms with Crippen LogP contribution < -0.4 is 15.0 Å². The first-order valence-corrected chi connectivity index (χ1v) is 10.5. The van der Waals surface area contributed by atoms with E-state index in [1.807, 2.05) is 18.2 Å². The Balaban J connectivity index is 2.05. The van der Waals surface area contributed by atoms with Gasteiger partial charge in [0.05, 0.1) is 23.4 Å². The maximum Gasteiger partial charge on any atom is 0.266 e. The van der Waals surface area contributed by atoms with E-state index in [2.05, 4.69) is 44.0 Å². The van der Waals surface area contributed by atoms with Crippen LogP contribution in [-0.4, -0.2) is 25.1 Å². The largest absolute Gasteiger partial charge is 0.496 e. The molecule has 160 valence electrons. The SMILES string of the molecule is CCN1c2cc(OC)c(/C=C(\C#N)C(=O)Nc3ccccc3Cl)cc2C(C)=CC1(C)C. The first kappa shape index (κ1) is 22.5. The predicted octanol–water partition coefficient (Wildman–Crippen LogP) is 5.92. The van der Waals surface area contributed by atoms with E-state index in [0.29, 0.717) is 22.0 Å². The first-order chi connectivity index (χ1) is 14.7. The van der Waals surface area contributed by atoms with E-state index in [9.17, 15) is 10.1 Å². The third kappa shape index (κ3) is 4.45. The van der Waals surface area contributed by atoms with Crippen molar-refractivity contribution in [1.82, 2.24) is 0 Å². The summed E-state index contributed by atoms with van der Waals surface area (Å²) in [7, 11) is 1.59. The number of hydrogen-bond acceptors (Lipinski definition) is 4. The molecule has 2 aromatic rings. The molecule has 31 heavy (non-hydrogen) atoms. The summed E-state index contributed by atoms with van der Waals surface area (Å²) in [5.74, 6) is 0.0694. The van der Waals surface area contributed by atoms with Crippen LogP contribution in [0, 0.1) is 11.3 Å². The Morgan fingerprint density at radius 3 is 2.65 bits per heavy atom. The molecule has 2 aromatic carbocycles. The van der Waals surface area contributed by atoms with E-state index in [0.717, 1.165) is 23.4 Å². The number of nitrogens with one attached hydrogen (secondary N) is 1. The molecule has 0 fully saturated rings. The Labute approximate surface area is 188 Å². The van der Waals surface area contributed by atoms with Gasteiger partial charge in [-0.2, -0.15) is 5.26 Å². The van der Waals surface area contributed by atoms with Gasteiger partial charge in [0.25, 0.3) is 5.91 Å². The summed E-state index contributed by atoms with van der Waals surface area (Å²) in [4.78, 5) is 15.0. The van der Waals surface area contributed by atoms with Crippen molar-refractivity contribution in [3.8, 4) is 11.8 Å². The molecule has 0 aromatic heterocycles. The summed E-state index contributed by atoms with van der Waals surface area (Å²) in [6, 6.07) is 12.8. The second kappa shape index (κ2) is 8.87. The topological polar surface area (TPSA) is 65.4 Å². The van der Waals surface area contributed by atoms with Gasteiger partial charge >= 0.3 is 0 Å². The Morgan fingerprint density at radius 2 is 2.03 bits per heavy atom. The quantitative estimate of drug-likeness (QED) is 0.468. The Kier molecular flexibility index (Phi) is 6.42. The number of anilines is 2. The molecule has 6 heteroatoms. The van der Waals surface area contributed by atoms with Crippen LogP contribution in [0.3, 0.4) is 0 Å². The van der Waals surface area contributed by atoms with Gasteiger partial charge in [-0.1, -0.05) is 29.8 Å². The van der Waals surface area contributed by atoms with Crippen LogP contribution in [0.4, 0.5) is 11.4 Å². The Bertz CT molecular complexity index is 1130. The van der Waals surface area contributed by atoms with Crippen molar-refractivity contribution in [2.75, 3.05) is 23.9 Å². The highest BCUT2D eigenvalue weighted by atomic mass is 35.5. The summed E-state index contributed by atoms with van der Waals surface area (Å²) in [6.07, 6.45) is 3.78. The normalized spacial score (nSPS) is 14.9. The zero-order chi connectivity index (χ0) is 22.8. The van der Waals surface area contributed by atoms with Gasteiger partial charge in [-0.15, -0.1) is 0 Å². The maximum atomic E-state index is 12.7. The molecule has 0 saturated heterocycles. The van der Waals surface area contributed by atoms with Gasteiger partial charge in [0.2, 0.25) is 0 Å². The smallest absolute Gasteiger partial charge is 0.266 e. The number of ether oxygens (including phenoxy) is 1. The lowest BCUT2D eigenvalue weighted by molar-refractivity contribution is -0.112. The third-order valence-corrected chi connectivity index (χ3v) is 5.76. The zero-order valence-electron chi connectivity index (χ0n) is 18.4. The average Bonchev–Trinajstić information content (AvgIpc) is 2.72. The molecule has 0 saturated carbocycles. The van der Waals surface area contributed by atoms with Crippen LogP contribution in [0.2, 0.25) is 5.02 Å². The number of benzene rings is 2. The molecule has 0 atom stereocenters. The van der Waals surface area contributed by atoms with Crippen molar-refractivity contribution in [2.45, 2.75) is 33.2 Å². The highest BCUT2D eigenvalue weighted by molar-refractivity contribution is 6.34. The molecule has 1 aliphatic heterocycles. The molecular formula is C25H26ClN3O2. The molecule has 3 rings (SSSR count). The maximum absolute atomic E-state index is 12.7. The predicted molar refractivity (Wildman–Crippen MR) is 127 cm³/mol. The summed E-state index contributed by atoms with van der Waals surface area (Å²) in [6.45, 7) is 9.38. The Hall–Kier alpha value is -3.23. The van der Waals surface area contributed by atoms with E-state index < -0.39 is 5.91 Å². The fraction of sp³-hybridized carbons (Fsp3) is 0.280.